The van der Waals surface area contributed by atoms with Crippen LogP contribution >= 0.6 is 15.6 Å². The molecular formula is C24H54O8P2W3. The Kier molecular flexibility index (Phi) is 56.6. The Morgan fingerprint density at radius 2 is 0.486 bits per heavy atom. The molecule has 37 heavy (non-hydrogen) atoms. The third-order valence-corrected chi connectivity index (χ3v) is 16.3. The molecule has 0 aromatic carbocycles. The van der Waals surface area contributed by atoms with Gasteiger partial charge < -0.3 is 38.5 Å². The predicted molar refractivity (Wildman–Crippen MR) is 134 cm³/mol. The van der Waals surface area contributed by atoms with Gasteiger partial charge in [-0.1, -0.05) is 0 Å². The first kappa shape index (κ1) is 49.0. The second kappa shape index (κ2) is 42.7. The molecule has 0 amide bonds. The second-order valence-corrected chi connectivity index (χ2v) is 22.8. The molecule has 0 unspecified atom stereocenters. The maximum absolute atomic E-state index is 8.55. The van der Waals surface area contributed by atoms with Crippen molar-refractivity contribution in [3.63, 3.8) is 0 Å². The summed E-state index contributed by atoms with van der Waals surface area (Å²) in [5.74, 6) is 0. The molecule has 0 N–H and O–H groups in total. The van der Waals surface area contributed by atoms with E-state index in [0.717, 1.165) is 0 Å². The second-order valence-electron chi connectivity index (χ2n) is 7.85. The Hall–Kier alpha value is 2.28. The summed E-state index contributed by atoms with van der Waals surface area (Å²) in [4.78, 5) is 61.0. The molecule has 0 saturated carbocycles. The average Bonchev–Trinajstić information content (AvgIpc) is 2.78. The van der Waals surface area contributed by atoms with E-state index in [9.17, 15) is 0 Å². The van der Waals surface area contributed by atoms with Gasteiger partial charge in [0, 0.05) is 0 Å². The van der Waals surface area contributed by atoms with Crippen LogP contribution in [0.5, 0.6) is 0 Å². The quantitative estimate of drug-likeness (QED) is 0.138. The van der Waals surface area contributed by atoms with Crippen LogP contribution in [0, 0.1) is 0 Å². The molecule has 0 rings (SSSR count). The van der Waals surface area contributed by atoms with Gasteiger partial charge in [-0.15, -0.1) is 0 Å². The van der Waals surface area contributed by atoms with Crippen molar-refractivity contribution in [2.45, 2.75) is 147 Å². The van der Waals surface area contributed by atoms with Crippen molar-refractivity contribution in [2.24, 2.45) is 0 Å². The van der Waals surface area contributed by atoms with Crippen molar-refractivity contribution >= 4 is 15.6 Å². The van der Waals surface area contributed by atoms with Crippen molar-refractivity contribution in [1.82, 2.24) is 0 Å². The van der Waals surface area contributed by atoms with Gasteiger partial charge in [0.05, 0.1) is 0 Å². The summed E-state index contributed by atoms with van der Waals surface area (Å²) in [6.45, 7) is 13.7. The van der Waals surface area contributed by atoms with E-state index in [1.165, 1.54) is 77.0 Å². The minimum Gasteiger partial charge on any atom is -0.822 e. The van der Waals surface area contributed by atoms with Gasteiger partial charge in [-0.25, -0.2) is 0 Å². The minimum absolute atomic E-state index is 0.175. The van der Waals surface area contributed by atoms with Crippen molar-refractivity contribution in [3.8, 4) is 0 Å². The van der Waals surface area contributed by atoms with Crippen LogP contribution in [0.15, 0.2) is 0 Å². The fraction of sp³-hybridized carbons (Fsp3) is 1.00. The van der Waals surface area contributed by atoms with Crippen molar-refractivity contribution < 1.29 is 94.2 Å². The number of hydrogen-bond acceptors (Lipinski definition) is 8. The molecule has 0 saturated heterocycles. The van der Waals surface area contributed by atoms with Crippen LogP contribution in [0.25, 0.3) is 0 Å². The van der Waals surface area contributed by atoms with Crippen LogP contribution in [0.3, 0.4) is 0 Å². The van der Waals surface area contributed by atoms with Gasteiger partial charge in [-0.2, -0.15) is 15.6 Å². The van der Waals surface area contributed by atoms with E-state index in [-0.39, 0.29) is 55.7 Å². The maximum atomic E-state index is 8.55. The third kappa shape index (κ3) is 122. The Labute approximate surface area is 255 Å². The molecule has 226 valence electrons. The normalized spacial score (nSPS) is 10.2. The first-order valence-corrected chi connectivity index (χ1v) is 28.8. The van der Waals surface area contributed by atoms with Gasteiger partial charge in [0.2, 0.25) is 0 Å². The number of phosphoric acid groups is 2. The zero-order chi connectivity index (χ0) is 29.8. The number of rotatable bonds is 18. The summed E-state index contributed by atoms with van der Waals surface area (Å²) in [5.41, 5.74) is 0. The molecule has 13 heteroatoms. The van der Waals surface area contributed by atoms with Crippen molar-refractivity contribution in [3.05, 3.63) is 0 Å². The molecule has 0 spiro atoms. The average molecular weight is 1080 g/mol. The van der Waals surface area contributed by atoms with Gasteiger partial charge in [-0.05, 0) is 0 Å². The maximum Gasteiger partial charge on any atom is -0.159 e. The molecule has 0 aliphatic carbocycles. The Balaban J connectivity index is -0.000000118. The fourth-order valence-electron chi connectivity index (χ4n) is 1.78. The Bertz CT molecular complexity index is 379. The minimum atomic E-state index is -5.39. The van der Waals surface area contributed by atoms with Crippen LogP contribution in [0.2, 0.25) is 28.9 Å². The van der Waals surface area contributed by atoms with E-state index >= 15 is 0 Å². The summed E-state index contributed by atoms with van der Waals surface area (Å²) in [5, 5.41) is 0. The molecule has 0 aliphatic rings. The molecule has 0 aromatic rings. The van der Waals surface area contributed by atoms with Crippen molar-refractivity contribution in [1.29, 1.82) is 0 Å². The van der Waals surface area contributed by atoms with Gasteiger partial charge in [0.15, 0.2) is 0 Å². The molecule has 0 fully saturated rings. The van der Waals surface area contributed by atoms with E-state index in [1.807, 2.05) is 0 Å². The monoisotopic (exact) mass is 1080 g/mol. The summed E-state index contributed by atoms with van der Waals surface area (Å²) in [7, 11) is -10.8. The molecule has 0 atom stereocenters. The largest absolute Gasteiger partial charge is 0.822 e. The first-order valence-electron chi connectivity index (χ1n) is 13.4. The van der Waals surface area contributed by atoms with E-state index in [2.05, 4.69) is 41.5 Å². The summed E-state index contributed by atoms with van der Waals surface area (Å²) < 4.78 is 17.1. The summed E-state index contributed by atoms with van der Waals surface area (Å²) >= 11 is 0.526. The third-order valence-electron chi connectivity index (χ3n) is 3.85. The summed E-state index contributed by atoms with van der Waals surface area (Å²) in [6, 6.07) is 0. The van der Waals surface area contributed by atoms with E-state index in [0.29, 0.717) is 0 Å². The molecule has 0 radical (unpaired) electrons. The van der Waals surface area contributed by atoms with Gasteiger partial charge in [-0.3, -0.25) is 0 Å². The molecule has 0 bridgehead atoms. The fourth-order valence-corrected chi connectivity index (χ4v) is 14.6. The molecule has 0 aromatic heterocycles. The van der Waals surface area contributed by atoms with Crippen LogP contribution in [-0.2, 0) is 64.8 Å². The standard InChI is InChI=1S/6C4H9.2H3O4P.3W/c6*1-3-4-2;2*1-5(2,3)4;;;/h6*1,3-4H2,2H3;2*(H3,1,2,3,4);;;/q;;;;;;;;3*+2/p-6. The molecule has 0 aliphatic heterocycles. The first-order chi connectivity index (χ1) is 17.2. The van der Waals surface area contributed by atoms with E-state index < -0.39 is 15.6 Å². The summed E-state index contributed by atoms with van der Waals surface area (Å²) in [6.07, 6.45) is 17.5. The van der Waals surface area contributed by atoms with Gasteiger partial charge >= 0.3 is 203 Å². The van der Waals surface area contributed by atoms with Crippen LogP contribution in [-0.4, -0.2) is 0 Å². The molecular weight excluding hydrogens is 1030 g/mol. The molecule has 0 heterocycles. The smallest absolute Gasteiger partial charge is 0.159 e. The Morgan fingerprint density at radius 3 is 0.568 bits per heavy atom. The van der Waals surface area contributed by atoms with Crippen LogP contribution in [0.1, 0.15) is 119 Å². The number of hydrogen-bond donors (Lipinski definition) is 0. The van der Waals surface area contributed by atoms with Crippen LogP contribution < -0.4 is 29.4 Å². The van der Waals surface area contributed by atoms with E-state index in [4.69, 9.17) is 38.5 Å². The van der Waals surface area contributed by atoms with Gasteiger partial charge in [0.1, 0.15) is 0 Å². The number of unbranched alkanes of at least 4 members (excludes halogenated alkanes) is 6. The van der Waals surface area contributed by atoms with E-state index in [1.54, 1.807) is 28.9 Å². The van der Waals surface area contributed by atoms with Gasteiger partial charge in [0.25, 0.3) is 0 Å². The van der Waals surface area contributed by atoms with Crippen molar-refractivity contribution in [2.75, 3.05) is 0 Å². The topological polar surface area (TPSA) is 172 Å². The SMILES string of the molecule is CCC[CH2][W+2][CH2]CCC.CCC[CH2][W+2][CH2]CCC.CCC[CH2][W+2][CH2]CCC.O=P([O-])([O-])[O-].O=P([O-])([O-])[O-]. The Morgan fingerprint density at radius 1 is 0.378 bits per heavy atom. The predicted octanol–water partition coefficient (Wildman–Crippen LogP) is 4.87. The molecule has 8 nitrogen and oxygen atoms in total. The zero-order valence-corrected chi connectivity index (χ0v) is 34.7. The zero-order valence-electron chi connectivity index (χ0n) is 24.1. The van der Waals surface area contributed by atoms with Crippen LogP contribution in [0.4, 0.5) is 0 Å².